The second-order valence-electron chi connectivity index (χ2n) is 16.0. The van der Waals surface area contributed by atoms with E-state index in [9.17, 15) is 0 Å². The fourth-order valence-corrected chi connectivity index (χ4v) is 9.65. The third kappa shape index (κ3) is 4.91. The molecule has 0 saturated heterocycles. The Morgan fingerprint density at radius 1 is 0.500 bits per heavy atom. The largest absolute Gasteiger partial charge is 0.456 e. The van der Waals surface area contributed by atoms with E-state index in [1.807, 2.05) is 54.6 Å². The number of benzene rings is 8. The zero-order chi connectivity index (χ0) is 39.5. The highest BCUT2D eigenvalue weighted by atomic mass is 16.3. The van der Waals surface area contributed by atoms with Crippen molar-refractivity contribution in [2.45, 2.75) is 13.3 Å². The maximum Gasteiger partial charge on any atom is 0.167 e. The molecule has 282 valence electrons. The first-order valence-corrected chi connectivity index (χ1v) is 20.5. The minimum Gasteiger partial charge on any atom is -0.456 e. The molecule has 4 heterocycles. The van der Waals surface area contributed by atoms with Gasteiger partial charge in [-0.3, -0.25) is 0 Å². The van der Waals surface area contributed by atoms with E-state index in [0.717, 1.165) is 67.0 Å². The van der Waals surface area contributed by atoms with E-state index < -0.39 is 0 Å². The molecule has 0 fully saturated rings. The van der Waals surface area contributed by atoms with Crippen LogP contribution in [0.3, 0.4) is 0 Å². The fraction of sp³-hybridized carbons (Fsp3) is 0.0556. The lowest BCUT2D eigenvalue weighted by Crippen LogP contribution is -2.14. The number of nitrogens with zero attached hydrogens (tertiary/aromatic N) is 4. The number of para-hydroxylation sites is 3. The highest BCUT2D eigenvalue weighted by Gasteiger charge is 2.27. The van der Waals surface area contributed by atoms with Gasteiger partial charge < -0.3 is 13.4 Å². The first-order valence-electron chi connectivity index (χ1n) is 20.5. The van der Waals surface area contributed by atoms with Crippen molar-refractivity contribution in [3.8, 4) is 34.2 Å². The molecular weight excluding hydrogens is 737 g/mol. The Morgan fingerprint density at radius 3 is 2.10 bits per heavy atom. The third-order valence-corrected chi connectivity index (χ3v) is 12.5. The van der Waals surface area contributed by atoms with Gasteiger partial charge in [-0.25, -0.2) is 15.0 Å². The van der Waals surface area contributed by atoms with Crippen molar-refractivity contribution >= 4 is 88.2 Å². The molecule has 1 aliphatic carbocycles. The molecule has 60 heavy (non-hydrogen) atoms. The summed E-state index contributed by atoms with van der Waals surface area (Å²) in [6.07, 6.45) is 3.27. The third-order valence-electron chi connectivity index (χ3n) is 12.5. The molecule has 13 rings (SSSR count). The molecule has 0 amide bonds. The van der Waals surface area contributed by atoms with Crippen LogP contribution in [0.25, 0.3) is 122 Å². The molecule has 0 aliphatic heterocycles. The average Bonchev–Trinajstić information content (AvgIpc) is 3.97. The highest BCUT2D eigenvalue weighted by Crippen LogP contribution is 2.45. The van der Waals surface area contributed by atoms with E-state index in [-0.39, 0.29) is 5.92 Å². The zero-order valence-corrected chi connectivity index (χ0v) is 32.6. The van der Waals surface area contributed by atoms with Crippen LogP contribution in [0, 0.1) is 5.92 Å². The van der Waals surface area contributed by atoms with Gasteiger partial charge in [-0.2, -0.15) is 0 Å². The smallest absolute Gasteiger partial charge is 0.167 e. The van der Waals surface area contributed by atoms with Crippen molar-refractivity contribution in [3.05, 3.63) is 175 Å². The molecule has 0 saturated carbocycles. The lowest BCUT2D eigenvalue weighted by Gasteiger charge is -2.26. The van der Waals surface area contributed by atoms with Gasteiger partial charge >= 0.3 is 0 Å². The molecule has 1 unspecified atom stereocenters. The number of rotatable bonds is 4. The minimum atomic E-state index is 0.241. The molecule has 8 aromatic carbocycles. The molecule has 4 aromatic heterocycles. The summed E-state index contributed by atoms with van der Waals surface area (Å²) in [5.41, 5.74) is 12.1. The Morgan fingerprint density at radius 2 is 1.22 bits per heavy atom. The Balaban J connectivity index is 0.981. The topological polar surface area (TPSA) is 69.9 Å². The van der Waals surface area contributed by atoms with Crippen LogP contribution in [0.5, 0.6) is 0 Å². The van der Waals surface area contributed by atoms with Crippen molar-refractivity contribution in [3.63, 3.8) is 0 Å². The van der Waals surface area contributed by atoms with Crippen molar-refractivity contribution in [1.82, 2.24) is 19.5 Å². The summed E-state index contributed by atoms with van der Waals surface area (Å²) < 4.78 is 15.6. The monoisotopic (exact) mass is 770 g/mol. The van der Waals surface area contributed by atoms with E-state index in [1.165, 1.54) is 49.4 Å². The van der Waals surface area contributed by atoms with E-state index in [0.29, 0.717) is 17.5 Å². The van der Waals surface area contributed by atoms with Gasteiger partial charge in [-0.1, -0.05) is 122 Å². The van der Waals surface area contributed by atoms with Crippen LogP contribution < -0.4 is 0 Å². The number of hydrogen-bond donors (Lipinski definition) is 0. The molecule has 0 bridgehead atoms. The van der Waals surface area contributed by atoms with Crippen LogP contribution in [-0.2, 0) is 6.42 Å². The Hall–Kier alpha value is -7.83. The molecule has 0 N–H and O–H groups in total. The first-order chi connectivity index (χ1) is 29.6. The standard InChI is InChI=1S/C54H34N4O2/c1-31-26-42-35(29-45(31)58-44-20-9-7-16-37(44)43-27-33-14-5-6-15-34(33)28-46(43)58)23-25-48-50(42)40-18-11-19-41(51(40)60-48)54-56-52(32-12-3-2-4-13-32)55-53(57-54)36-22-24-39-38-17-8-10-21-47(38)59-49(39)30-36/h2-25,27-31H,26H2,1H3. The van der Waals surface area contributed by atoms with Crippen LogP contribution in [0.1, 0.15) is 18.1 Å². The lowest BCUT2D eigenvalue weighted by molar-refractivity contribution is 0.667. The average molecular weight is 771 g/mol. The van der Waals surface area contributed by atoms with Crippen LogP contribution in [0.4, 0.5) is 0 Å². The van der Waals surface area contributed by atoms with Gasteiger partial charge in [0.15, 0.2) is 17.5 Å². The van der Waals surface area contributed by atoms with Gasteiger partial charge in [0.2, 0.25) is 0 Å². The Bertz CT molecular complexity index is 3780. The summed E-state index contributed by atoms with van der Waals surface area (Å²) in [5, 5.41) is 9.39. The van der Waals surface area contributed by atoms with E-state index >= 15 is 0 Å². The van der Waals surface area contributed by atoms with Crippen LogP contribution in [0.2, 0.25) is 0 Å². The summed E-state index contributed by atoms with van der Waals surface area (Å²) in [6, 6.07) is 57.2. The van der Waals surface area contributed by atoms with Crippen molar-refractivity contribution in [2.24, 2.45) is 5.92 Å². The fourth-order valence-electron chi connectivity index (χ4n) is 9.65. The molecule has 0 spiro atoms. The van der Waals surface area contributed by atoms with Gasteiger partial charge in [0.1, 0.15) is 22.3 Å². The number of fused-ring (bicyclic) bond motifs is 12. The highest BCUT2D eigenvalue weighted by molar-refractivity contribution is 6.16. The zero-order valence-electron chi connectivity index (χ0n) is 32.6. The summed E-state index contributed by atoms with van der Waals surface area (Å²) in [6.45, 7) is 2.35. The van der Waals surface area contributed by atoms with Crippen LogP contribution in [0.15, 0.2) is 173 Å². The maximum atomic E-state index is 6.84. The number of furan rings is 2. The summed E-state index contributed by atoms with van der Waals surface area (Å²) in [5.74, 6) is 1.95. The van der Waals surface area contributed by atoms with Gasteiger partial charge in [0, 0.05) is 55.1 Å². The Kier molecular flexibility index (Phi) is 6.96. The predicted octanol–water partition coefficient (Wildman–Crippen LogP) is 14.1. The number of allylic oxidation sites excluding steroid dienone is 1. The van der Waals surface area contributed by atoms with Gasteiger partial charge in [-0.15, -0.1) is 0 Å². The second kappa shape index (κ2) is 12.6. The van der Waals surface area contributed by atoms with Gasteiger partial charge in [0.05, 0.1) is 16.6 Å². The molecule has 1 aliphatic rings. The van der Waals surface area contributed by atoms with Crippen molar-refractivity contribution in [1.29, 1.82) is 0 Å². The SMILES string of the molecule is CC1Cc2c(ccc3oc4c(-c5nc(-c6ccccc6)nc(-c6ccc7c(c6)oc6ccccc67)n5)cccc4c23)C=C1n1c2ccccc2c2cc3ccccc3cc21. The molecule has 6 nitrogen and oxygen atoms in total. The molecule has 1 atom stereocenters. The second-order valence-corrected chi connectivity index (χ2v) is 16.0. The van der Waals surface area contributed by atoms with Crippen LogP contribution >= 0.6 is 0 Å². The quantitative estimate of drug-likeness (QED) is 0.178. The first kappa shape index (κ1) is 33.2. The van der Waals surface area contributed by atoms with E-state index in [1.54, 1.807) is 0 Å². The molecule has 12 aromatic rings. The number of aromatic nitrogens is 4. The molecular formula is C54H34N4O2. The Labute approximate surface area is 343 Å². The van der Waals surface area contributed by atoms with Crippen LogP contribution in [-0.4, -0.2) is 19.5 Å². The summed E-state index contributed by atoms with van der Waals surface area (Å²) in [7, 11) is 0. The normalized spacial score (nSPS) is 14.3. The van der Waals surface area contributed by atoms with E-state index in [4.69, 9.17) is 23.8 Å². The predicted molar refractivity (Wildman–Crippen MR) is 245 cm³/mol. The minimum absolute atomic E-state index is 0.241. The van der Waals surface area contributed by atoms with Gasteiger partial charge in [-0.05, 0) is 82.9 Å². The molecule has 6 heteroatoms. The molecule has 0 radical (unpaired) electrons. The summed E-state index contributed by atoms with van der Waals surface area (Å²) >= 11 is 0. The van der Waals surface area contributed by atoms with E-state index in [2.05, 4.69) is 127 Å². The lowest BCUT2D eigenvalue weighted by atomic mass is 9.85. The number of hydrogen-bond acceptors (Lipinski definition) is 5. The van der Waals surface area contributed by atoms with Crippen molar-refractivity contribution < 1.29 is 8.83 Å². The van der Waals surface area contributed by atoms with Gasteiger partial charge in [0.25, 0.3) is 0 Å². The van der Waals surface area contributed by atoms with Crippen molar-refractivity contribution in [2.75, 3.05) is 0 Å². The maximum absolute atomic E-state index is 6.84. The summed E-state index contributed by atoms with van der Waals surface area (Å²) in [4.78, 5) is 15.3.